The van der Waals surface area contributed by atoms with E-state index in [0.717, 1.165) is 40.9 Å². The van der Waals surface area contributed by atoms with Gasteiger partial charge in [0.25, 0.3) is 0 Å². The molecule has 4 heteroatoms. The fourth-order valence-electron chi connectivity index (χ4n) is 4.23. The summed E-state index contributed by atoms with van der Waals surface area (Å²) in [6.07, 6.45) is 2.33. The molecule has 0 bridgehead atoms. The topological polar surface area (TPSA) is 38.3 Å². The zero-order valence-corrected chi connectivity index (χ0v) is 15.9. The van der Waals surface area contributed by atoms with Crippen molar-refractivity contribution in [3.05, 3.63) is 83.4 Å². The lowest BCUT2D eigenvalue weighted by Crippen LogP contribution is -2.31. The van der Waals surface area contributed by atoms with E-state index in [-0.39, 0.29) is 11.9 Å². The van der Waals surface area contributed by atoms with E-state index in [4.69, 9.17) is 16.3 Å². The van der Waals surface area contributed by atoms with Crippen molar-refractivity contribution in [3.8, 4) is 0 Å². The summed E-state index contributed by atoms with van der Waals surface area (Å²) in [5.41, 5.74) is 4.64. The third kappa shape index (κ3) is 3.40. The van der Waals surface area contributed by atoms with Crippen LogP contribution in [0.5, 0.6) is 0 Å². The lowest BCUT2D eigenvalue weighted by atomic mass is 9.75. The van der Waals surface area contributed by atoms with Gasteiger partial charge in [-0.3, -0.25) is 4.79 Å². The van der Waals surface area contributed by atoms with E-state index < -0.39 is 5.41 Å². The van der Waals surface area contributed by atoms with Gasteiger partial charge in [-0.05, 0) is 54.7 Å². The number of esters is 1. The number of allylic oxidation sites excluding steroid dienone is 1. The van der Waals surface area contributed by atoms with Crippen molar-refractivity contribution in [2.75, 3.05) is 11.9 Å². The van der Waals surface area contributed by atoms with Crippen molar-refractivity contribution in [2.45, 2.75) is 19.3 Å². The van der Waals surface area contributed by atoms with E-state index in [1.807, 2.05) is 36.4 Å². The van der Waals surface area contributed by atoms with Crippen LogP contribution < -0.4 is 5.32 Å². The first kappa shape index (κ1) is 17.9. The molecule has 0 amide bonds. The van der Waals surface area contributed by atoms with Crippen LogP contribution in [-0.4, -0.2) is 12.6 Å². The summed E-state index contributed by atoms with van der Waals surface area (Å²) >= 11 is 5.92. The molecule has 2 atom stereocenters. The van der Waals surface area contributed by atoms with Gasteiger partial charge in [0.2, 0.25) is 0 Å². The maximum atomic E-state index is 12.4. The molecular weight excluding hydrogens is 358 g/mol. The van der Waals surface area contributed by atoms with E-state index in [2.05, 4.69) is 30.6 Å². The number of cyclic esters (lactones) is 1. The zero-order chi connectivity index (χ0) is 19.0. The van der Waals surface area contributed by atoms with Crippen molar-refractivity contribution in [1.29, 1.82) is 0 Å². The Morgan fingerprint density at radius 1 is 1.19 bits per heavy atom. The van der Waals surface area contributed by atoms with Crippen LogP contribution in [0.2, 0.25) is 5.02 Å². The number of hydrogen-bond acceptors (Lipinski definition) is 3. The van der Waals surface area contributed by atoms with Crippen molar-refractivity contribution in [1.82, 2.24) is 0 Å². The quantitative estimate of drug-likeness (QED) is 0.552. The van der Waals surface area contributed by atoms with Gasteiger partial charge in [-0.1, -0.05) is 54.6 Å². The molecule has 2 aromatic rings. The number of carbonyl (C=O) groups is 1. The molecule has 27 heavy (non-hydrogen) atoms. The molecule has 1 saturated carbocycles. The number of fused-ring (bicyclic) bond motifs is 1. The number of carbonyl (C=O) groups excluding carboxylic acids is 1. The Bertz CT molecular complexity index is 901. The molecule has 2 fully saturated rings. The number of nitrogens with one attached hydrogen (secondary N) is 1. The Labute approximate surface area is 164 Å². The first-order chi connectivity index (χ1) is 13.0. The monoisotopic (exact) mass is 379 g/mol. The van der Waals surface area contributed by atoms with Gasteiger partial charge >= 0.3 is 5.97 Å². The predicted octanol–water partition coefficient (Wildman–Crippen LogP) is 5.47. The van der Waals surface area contributed by atoms with Gasteiger partial charge in [-0.2, -0.15) is 0 Å². The number of rotatable bonds is 5. The van der Waals surface area contributed by atoms with Gasteiger partial charge in [0.05, 0.1) is 12.0 Å². The average molecular weight is 380 g/mol. The third-order valence-corrected chi connectivity index (χ3v) is 5.92. The molecule has 4 rings (SSSR count). The fraction of sp³-hybridized carbons (Fsp3) is 0.261. The van der Waals surface area contributed by atoms with Gasteiger partial charge in [0.15, 0.2) is 0 Å². The minimum absolute atomic E-state index is 0.0657. The lowest BCUT2D eigenvalue weighted by molar-refractivity contribution is -0.146. The summed E-state index contributed by atoms with van der Waals surface area (Å²) in [5, 5.41) is 3.99. The van der Waals surface area contributed by atoms with Crippen LogP contribution in [0.4, 0.5) is 5.69 Å². The molecule has 1 N–H and O–H groups in total. The van der Waals surface area contributed by atoms with Crippen LogP contribution in [0.15, 0.2) is 67.3 Å². The Morgan fingerprint density at radius 2 is 1.89 bits per heavy atom. The minimum atomic E-state index is -0.419. The predicted molar refractivity (Wildman–Crippen MR) is 110 cm³/mol. The van der Waals surface area contributed by atoms with Crippen LogP contribution in [-0.2, 0) is 16.0 Å². The van der Waals surface area contributed by atoms with Crippen LogP contribution in [0.25, 0.3) is 5.70 Å². The maximum Gasteiger partial charge on any atom is 0.313 e. The lowest BCUT2D eigenvalue weighted by Gasteiger charge is -2.24. The average Bonchev–Trinajstić information content (AvgIpc) is 3.12. The van der Waals surface area contributed by atoms with Crippen molar-refractivity contribution in [2.24, 2.45) is 11.3 Å². The summed E-state index contributed by atoms with van der Waals surface area (Å²) in [6, 6.07) is 15.7. The number of halogens is 1. The molecule has 0 radical (unpaired) electrons. The summed E-state index contributed by atoms with van der Waals surface area (Å²) < 4.78 is 5.37. The highest BCUT2D eigenvalue weighted by molar-refractivity contribution is 6.30. The SMILES string of the molecule is C=C1CC2COC(=O)C2(Cc2ccc(C(=C)Nc3ccc(Cl)cc3)cc2)C1. The van der Waals surface area contributed by atoms with Crippen molar-refractivity contribution >= 4 is 29.0 Å². The second-order valence-corrected chi connectivity index (χ2v) is 8.00. The van der Waals surface area contributed by atoms with E-state index in [1.165, 1.54) is 0 Å². The normalized spacial score (nSPS) is 23.8. The first-order valence-electron chi connectivity index (χ1n) is 9.11. The molecule has 0 spiro atoms. The molecule has 0 aromatic heterocycles. The molecule has 1 aliphatic heterocycles. The molecule has 3 nitrogen and oxygen atoms in total. The molecule has 1 aliphatic carbocycles. The third-order valence-electron chi connectivity index (χ3n) is 5.67. The van der Waals surface area contributed by atoms with Gasteiger partial charge < -0.3 is 10.1 Å². The molecule has 1 saturated heterocycles. The second kappa shape index (κ2) is 6.90. The van der Waals surface area contributed by atoms with E-state index in [0.29, 0.717) is 18.1 Å². The molecule has 2 aliphatic rings. The Balaban J connectivity index is 1.47. The highest BCUT2D eigenvalue weighted by atomic mass is 35.5. The fourth-order valence-corrected chi connectivity index (χ4v) is 4.36. The van der Waals surface area contributed by atoms with Gasteiger partial charge in [-0.25, -0.2) is 0 Å². The summed E-state index contributed by atoms with van der Waals surface area (Å²) in [6.45, 7) is 8.75. The molecule has 2 aromatic carbocycles. The van der Waals surface area contributed by atoms with Crippen LogP contribution in [0, 0.1) is 11.3 Å². The molecule has 1 heterocycles. The van der Waals surface area contributed by atoms with E-state index in [1.54, 1.807) is 0 Å². The number of hydrogen-bond donors (Lipinski definition) is 1. The van der Waals surface area contributed by atoms with Gasteiger partial charge in [-0.15, -0.1) is 0 Å². The molecular formula is C23H22ClNO2. The molecule has 138 valence electrons. The van der Waals surface area contributed by atoms with Crippen LogP contribution in [0.3, 0.4) is 0 Å². The van der Waals surface area contributed by atoms with Crippen LogP contribution in [0.1, 0.15) is 24.0 Å². The standard InChI is InChI=1S/C23H22ClNO2/c1-15-11-19-14-27-22(26)23(19,12-15)13-17-3-5-18(6-4-17)16(2)25-21-9-7-20(24)8-10-21/h3-10,19,25H,1-2,11-14H2. The Morgan fingerprint density at radius 3 is 2.59 bits per heavy atom. The first-order valence-corrected chi connectivity index (χ1v) is 9.49. The number of ether oxygens (including phenoxy) is 1. The minimum Gasteiger partial charge on any atom is -0.465 e. The highest BCUT2D eigenvalue weighted by Crippen LogP contribution is 2.52. The van der Waals surface area contributed by atoms with Crippen LogP contribution >= 0.6 is 11.6 Å². The summed E-state index contributed by atoms with van der Waals surface area (Å²) in [7, 11) is 0. The van der Waals surface area contributed by atoms with Crippen molar-refractivity contribution in [3.63, 3.8) is 0 Å². The largest absolute Gasteiger partial charge is 0.465 e. The maximum absolute atomic E-state index is 12.4. The highest BCUT2D eigenvalue weighted by Gasteiger charge is 2.55. The molecule has 2 unspecified atom stereocenters. The zero-order valence-electron chi connectivity index (χ0n) is 15.1. The van der Waals surface area contributed by atoms with Gasteiger partial charge in [0.1, 0.15) is 0 Å². The number of anilines is 1. The van der Waals surface area contributed by atoms with Crippen molar-refractivity contribution < 1.29 is 9.53 Å². The summed E-state index contributed by atoms with van der Waals surface area (Å²) in [4.78, 5) is 12.4. The Kier molecular flexibility index (Phi) is 4.56. The smallest absolute Gasteiger partial charge is 0.313 e. The Hall–Kier alpha value is -2.52. The summed E-state index contributed by atoms with van der Waals surface area (Å²) in [5.74, 6) is 0.197. The van der Waals surface area contributed by atoms with E-state index >= 15 is 0 Å². The second-order valence-electron chi connectivity index (χ2n) is 7.57. The van der Waals surface area contributed by atoms with Gasteiger partial charge in [0, 0.05) is 22.3 Å². The van der Waals surface area contributed by atoms with E-state index in [9.17, 15) is 4.79 Å². The number of benzene rings is 2.